The van der Waals surface area contributed by atoms with Crippen molar-refractivity contribution in [2.75, 3.05) is 0 Å². The van der Waals surface area contributed by atoms with Crippen LogP contribution in [0.25, 0.3) is 27.7 Å². The number of fused-ring (bicyclic) bond motifs is 3. The second-order valence-corrected chi connectivity index (χ2v) is 7.05. The molecule has 0 aliphatic heterocycles. The normalized spacial score (nSPS) is 11.1. The Morgan fingerprint density at radius 2 is 1.59 bits per heavy atom. The predicted octanol–water partition coefficient (Wildman–Crippen LogP) is 7.93. The average Bonchev–Trinajstić information content (AvgIpc) is 3.23. The van der Waals surface area contributed by atoms with Gasteiger partial charge in [0.15, 0.2) is 0 Å². The predicted molar refractivity (Wildman–Crippen MR) is 125 cm³/mol. The van der Waals surface area contributed by atoms with Crippen molar-refractivity contribution < 1.29 is 13.2 Å². The highest BCUT2D eigenvalue weighted by molar-refractivity contribution is 6.30. The first kappa shape index (κ1) is 25.6. The first-order valence-electron chi connectivity index (χ1n) is 10.8. The molecule has 0 N–H and O–H groups in total. The molecule has 0 atom stereocenters. The quantitative estimate of drug-likeness (QED) is 0.289. The second kappa shape index (κ2) is 10.8. The van der Waals surface area contributed by atoms with Crippen LogP contribution in [0.2, 0.25) is 5.15 Å². The fraction of sp³-hybridized carbons (Fsp3) is 0.375. The van der Waals surface area contributed by atoms with E-state index in [-0.39, 0.29) is 10.8 Å². The molecule has 0 aliphatic carbocycles. The second-order valence-electron chi connectivity index (χ2n) is 6.66. The number of hydrogen-bond donors (Lipinski definition) is 0. The van der Waals surface area contributed by atoms with Crippen molar-refractivity contribution in [2.24, 2.45) is 0 Å². The van der Waals surface area contributed by atoms with E-state index in [0.717, 1.165) is 40.3 Å². The molecule has 0 aromatic carbocycles. The maximum atomic E-state index is 13.6. The number of imidazole rings is 1. The van der Waals surface area contributed by atoms with Crippen LogP contribution in [0.4, 0.5) is 13.2 Å². The molecule has 4 aromatic heterocycles. The van der Waals surface area contributed by atoms with Crippen molar-refractivity contribution in [2.45, 2.75) is 60.6 Å². The van der Waals surface area contributed by atoms with Gasteiger partial charge in [0, 0.05) is 40.7 Å². The first-order chi connectivity index (χ1) is 15.3. The Bertz CT molecular complexity index is 1200. The molecule has 0 saturated carbocycles. The number of aromatic nitrogens is 4. The molecule has 0 aliphatic rings. The molecule has 0 unspecified atom stereocenters. The van der Waals surface area contributed by atoms with Gasteiger partial charge in [0.2, 0.25) is 0 Å². The Labute approximate surface area is 191 Å². The number of alkyl halides is 3. The van der Waals surface area contributed by atoms with Gasteiger partial charge in [-0.1, -0.05) is 52.6 Å². The standard InChI is InChI=1S/C20H16ClF3N4.2C2H6/c1-3-4-13-5-11(2)15(9-25-13)14-6-12-8-26-18(21)7-16(12)28-17(20(22,23)24)10-27-19(14)28;2*1-2/h5-10H,3-4H2,1-2H3;2*1-2H3. The van der Waals surface area contributed by atoms with Crippen LogP contribution in [0.15, 0.2) is 36.8 Å². The number of pyridine rings is 3. The van der Waals surface area contributed by atoms with E-state index in [4.69, 9.17) is 11.6 Å². The lowest BCUT2D eigenvalue weighted by molar-refractivity contribution is -0.141. The van der Waals surface area contributed by atoms with Crippen molar-refractivity contribution in [1.82, 2.24) is 19.4 Å². The van der Waals surface area contributed by atoms with Crippen LogP contribution in [0.5, 0.6) is 0 Å². The minimum Gasteiger partial charge on any atom is -0.288 e. The lowest BCUT2D eigenvalue weighted by Gasteiger charge is -2.14. The molecule has 0 saturated heterocycles. The molecule has 0 spiro atoms. The Hall–Kier alpha value is -2.67. The lowest BCUT2D eigenvalue weighted by atomic mass is 10.0. The molecule has 0 amide bonds. The SMILES string of the molecule is CC.CC.CCCc1cc(C)c(-c2cc3cnc(Cl)cc3n3c(C(F)(F)F)cnc23)cn1. The van der Waals surface area contributed by atoms with E-state index >= 15 is 0 Å². The zero-order valence-corrected chi connectivity index (χ0v) is 19.9. The molecule has 4 nitrogen and oxygen atoms in total. The van der Waals surface area contributed by atoms with E-state index < -0.39 is 11.9 Å². The van der Waals surface area contributed by atoms with Crippen molar-refractivity contribution in [3.8, 4) is 11.1 Å². The summed E-state index contributed by atoms with van der Waals surface area (Å²) in [5.74, 6) is 0. The Balaban J connectivity index is 0.000000860. The zero-order chi connectivity index (χ0) is 24.1. The van der Waals surface area contributed by atoms with E-state index in [1.165, 1.54) is 12.3 Å². The fourth-order valence-corrected chi connectivity index (χ4v) is 3.58. The van der Waals surface area contributed by atoms with Crippen molar-refractivity contribution in [3.05, 3.63) is 58.9 Å². The third-order valence-corrected chi connectivity index (χ3v) is 4.88. The zero-order valence-electron chi connectivity index (χ0n) is 19.2. The summed E-state index contributed by atoms with van der Waals surface area (Å²) in [4.78, 5) is 12.6. The summed E-state index contributed by atoms with van der Waals surface area (Å²) >= 11 is 5.95. The van der Waals surface area contributed by atoms with E-state index in [2.05, 4.69) is 21.9 Å². The molecule has 172 valence electrons. The summed E-state index contributed by atoms with van der Waals surface area (Å²) in [5, 5.41) is 0.651. The van der Waals surface area contributed by atoms with Crippen LogP contribution in [0.1, 0.15) is 58.0 Å². The number of halogens is 4. The highest BCUT2D eigenvalue weighted by Gasteiger charge is 2.35. The number of aryl methyl sites for hydroxylation is 2. The third-order valence-electron chi connectivity index (χ3n) is 4.68. The molecule has 8 heteroatoms. The Morgan fingerprint density at radius 3 is 2.19 bits per heavy atom. The fourth-order valence-electron chi connectivity index (χ4n) is 3.43. The summed E-state index contributed by atoms with van der Waals surface area (Å²) in [5.41, 5.74) is 2.84. The Kier molecular flexibility index (Phi) is 8.61. The smallest absolute Gasteiger partial charge is 0.288 e. The minimum atomic E-state index is -4.56. The largest absolute Gasteiger partial charge is 0.433 e. The maximum absolute atomic E-state index is 13.6. The van der Waals surface area contributed by atoms with Gasteiger partial charge in [-0.3, -0.25) is 9.38 Å². The average molecular weight is 465 g/mol. The van der Waals surface area contributed by atoms with Crippen LogP contribution in [0, 0.1) is 6.92 Å². The van der Waals surface area contributed by atoms with Gasteiger partial charge in [-0.15, -0.1) is 0 Å². The minimum absolute atomic E-state index is 0.116. The van der Waals surface area contributed by atoms with Gasteiger partial charge in [-0.25, -0.2) is 9.97 Å². The first-order valence-corrected chi connectivity index (χ1v) is 11.2. The molecule has 0 bridgehead atoms. The van der Waals surface area contributed by atoms with Gasteiger partial charge in [0.25, 0.3) is 0 Å². The summed E-state index contributed by atoms with van der Waals surface area (Å²) < 4.78 is 41.9. The topological polar surface area (TPSA) is 43.1 Å². The summed E-state index contributed by atoms with van der Waals surface area (Å²) in [6.45, 7) is 12.0. The third kappa shape index (κ3) is 5.04. The van der Waals surface area contributed by atoms with Gasteiger partial charge >= 0.3 is 6.18 Å². The summed E-state index contributed by atoms with van der Waals surface area (Å²) in [6.07, 6.45) is 1.27. The lowest BCUT2D eigenvalue weighted by Crippen LogP contribution is -2.10. The molecule has 4 rings (SSSR count). The van der Waals surface area contributed by atoms with Crippen LogP contribution in [0.3, 0.4) is 0 Å². The maximum Gasteiger partial charge on any atom is 0.433 e. The van der Waals surface area contributed by atoms with Crippen molar-refractivity contribution in [1.29, 1.82) is 0 Å². The highest BCUT2D eigenvalue weighted by Crippen LogP contribution is 2.37. The number of rotatable bonds is 3. The van der Waals surface area contributed by atoms with Gasteiger partial charge in [-0.05, 0) is 31.0 Å². The monoisotopic (exact) mass is 464 g/mol. The van der Waals surface area contributed by atoms with E-state index in [9.17, 15) is 13.2 Å². The van der Waals surface area contributed by atoms with Gasteiger partial charge in [-0.2, -0.15) is 13.2 Å². The molecule has 4 aromatic rings. The molecule has 0 fully saturated rings. The summed E-state index contributed by atoms with van der Waals surface area (Å²) in [7, 11) is 0. The van der Waals surface area contributed by atoms with Crippen LogP contribution in [-0.4, -0.2) is 19.4 Å². The number of nitrogens with zero attached hydrogens (tertiary/aromatic N) is 4. The van der Waals surface area contributed by atoms with Crippen LogP contribution in [-0.2, 0) is 12.6 Å². The van der Waals surface area contributed by atoms with E-state index in [1.807, 2.05) is 40.7 Å². The van der Waals surface area contributed by atoms with Crippen LogP contribution < -0.4 is 0 Å². The Morgan fingerprint density at radius 1 is 0.906 bits per heavy atom. The van der Waals surface area contributed by atoms with Gasteiger partial charge < -0.3 is 0 Å². The van der Waals surface area contributed by atoms with Gasteiger partial charge in [0.1, 0.15) is 16.5 Å². The van der Waals surface area contributed by atoms with Gasteiger partial charge in [0.05, 0.1) is 11.7 Å². The number of hydrogen-bond acceptors (Lipinski definition) is 3. The molecule has 32 heavy (non-hydrogen) atoms. The molecular weight excluding hydrogens is 437 g/mol. The molecular formula is C24H28ClF3N4. The molecule has 0 radical (unpaired) electrons. The molecule has 4 heterocycles. The van der Waals surface area contributed by atoms with Crippen LogP contribution >= 0.6 is 11.6 Å². The van der Waals surface area contributed by atoms with Crippen molar-refractivity contribution >= 4 is 28.2 Å². The van der Waals surface area contributed by atoms with Crippen molar-refractivity contribution in [3.63, 3.8) is 0 Å². The van der Waals surface area contributed by atoms with E-state index in [0.29, 0.717) is 16.5 Å². The highest BCUT2D eigenvalue weighted by atomic mass is 35.5. The summed E-state index contributed by atoms with van der Waals surface area (Å²) in [6, 6.07) is 5.16. The van der Waals surface area contributed by atoms with E-state index in [1.54, 1.807) is 12.3 Å².